The van der Waals surface area contributed by atoms with Crippen molar-refractivity contribution < 1.29 is 0 Å². The quantitative estimate of drug-likeness (QED) is 0.789. The third-order valence-electron chi connectivity index (χ3n) is 1.78. The Kier molecular flexibility index (Phi) is 2.38. The average Bonchev–Trinajstić information content (AvgIpc) is 2.67. The largest absolute Gasteiger partial charge is 0.326 e. The highest BCUT2D eigenvalue weighted by atomic mass is 32.1. The maximum absolute atomic E-state index is 5.51. The van der Waals surface area contributed by atoms with Gasteiger partial charge in [-0.15, -0.1) is 11.3 Å². The Balaban J connectivity index is 2.36. The zero-order valence-electron chi connectivity index (χ0n) is 7.10. The summed E-state index contributed by atoms with van der Waals surface area (Å²) in [4.78, 5) is 5.42. The van der Waals surface area contributed by atoms with Gasteiger partial charge in [-0.25, -0.2) is 4.98 Å². The molecule has 0 unspecified atom stereocenters. The monoisotopic (exact) mass is 190 g/mol. The standard InChI is InChI=1S/C10H10N2S/c11-6-9-7-12-10(13-9)8-4-2-1-3-5-8/h1-5,7H,6,11H2. The molecule has 2 aromatic rings. The summed E-state index contributed by atoms with van der Waals surface area (Å²) in [5.74, 6) is 0. The molecule has 3 heteroatoms. The predicted molar refractivity (Wildman–Crippen MR) is 55.4 cm³/mol. The maximum Gasteiger partial charge on any atom is 0.123 e. The van der Waals surface area contributed by atoms with Crippen LogP contribution in [0, 0.1) is 0 Å². The van der Waals surface area contributed by atoms with Crippen molar-refractivity contribution in [3.8, 4) is 10.6 Å². The Hall–Kier alpha value is -1.19. The lowest BCUT2D eigenvalue weighted by Gasteiger charge is -1.92. The summed E-state index contributed by atoms with van der Waals surface area (Å²) in [5.41, 5.74) is 6.67. The van der Waals surface area contributed by atoms with Crippen molar-refractivity contribution in [3.05, 3.63) is 41.4 Å². The van der Waals surface area contributed by atoms with Gasteiger partial charge in [-0.1, -0.05) is 30.3 Å². The molecule has 0 spiro atoms. The third kappa shape index (κ3) is 1.76. The van der Waals surface area contributed by atoms with Gasteiger partial charge in [0.25, 0.3) is 0 Å². The van der Waals surface area contributed by atoms with Gasteiger partial charge in [-0.2, -0.15) is 0 Å². The van der Waals surface area contributed by atoms with E-state index in [9.17, 15) is 0 Å². The van der Waals surface area contributed by atoms with E-state index >= 15 is 0 Å². The van der Waals surface area contributed by atoms with Gasteiger partial charge in [0.1, 0.15) is 5.01 Å². The minimum absolute atomic E-state index is 0.574. The molecule has 0 aliphatic carbocycles. The minimum Gasteiger partial charge on any atom is -0.326 e. The molecule has 0 aliphatic heterocycles. The maximum atomic E-state index is 5.51. The summed E-state index contributed by atoms with van der Waals surface area (Å²) >= 11 is 1.65. The van der Waals surface area contributed by atoms with E-state index in [0.717, 1.165) is 15.4 Å². The number of aromatic nitrogens is 1. The number of nitrogens with zero attached hydrogens (tertiary/aromatic N) is 1. The second-order valence-corrected chi connectivity index (χ2v) is 3.82. The lowest BCUT2D eigenvalue weighted by Crippen LogP contribution is -1.91. The first-order valence-electron chi connectivity index (χ1n) is 4.10. The number of thiazole rings is 1. The van der Waals surface area contributed by atoms with Crippen LogP contribution < -0.4 is 5.73 Å². The van der Waals surface area contributed by atoms with Crippen molar-refractivity contribution in [1.82, 2.24) is 4.98 Å². The number of benzene rings is 1. The van der Waals surface area contributed by atoms with E-state index in [1.54, 1.807) is 11.3 Å². The molecule has 0 saturated heterocycles. The fraction of sp³-hybridized carbons (Fsp3) is 0.100. The van der Waals surface area contributed by atoms with Gasteiger partial charge in [-0.05, 0) is 0 Å². The highest BCUT2D eigenvalue weighted by Gasteiger charge is 2.01. The first-order chi connectivity index (χ1) is 6.40. The van der Waals surface area contributed by atoms with Gasteiger partial charge in [0.15, 0.2) is 0 Å². The highest BCUT2D eigenvalue weighted by molar-refractivity contribution is 7.15. The molecule has 2 nitrogen and oxygen atoms in total. The normalized spacial score (nSPS) is 10.2. The summed E-state index contributed by atoms with van der Waals surface area (Å²) in [6, 6.07) is 10.1. The molecule has 1 heterocycles. The molecule has 0 amide bonds. The first kappa shape index (κ1) is 8.41. The smallest absolute Gasteiger partial charge is 0.123 e. The molecule has 2 rings (SSSR count). The highest BCUT2D eigenvalue weighted by Crippen LogP contribution is 2.24. The fourth-order valence-corrected chi connectivity index (χ4v) is 1.91. The molecule has 66 valence electrons. The Labute approximate surface area is 81.1 Å². The predicted octanol–water partition coefficient (Wildman–Crippen LogP) is 2.27. The molecule has 1 aromatic carbocycles. The molecule has 0 aliphatic rings. The second-order valence-electron chi connectivity index (χ2n) is 2.70. The topological polar surface area (TPSA) is 38.9 Å². The molecule has 13 heavy (non-hydrogen) atoms. The molecule has 2 N–H and O–H groups in total. The van der Waals surface area contributed by atoms with Gasteiger partial charge >= 0.3 is 0 Å². The van der Waals surface area contributed by atoms with Crippen LogP contribution in [0.4, 0.5) is 0 Å². The van der Waals surface area contributed by atoms with E-state index < -0.39 is 0 Å². The minimum atomic E-state index is 0.574. The first-order valence-corrected chi connectivity index (χ1v) is 4.92. The molecular weight excluding hydrogens is 180 g/mol. The van der Waals surface area contributed by atoms with Crippen LogP contribution in [0.3, 0.4) is 0 Å². The lowest BCUT2D eigenvalue weighted by atomic mass is 10.2. The van der Waals surface area contributed by atoms with Crippen LogP contribution in [0.2, 0.25) is 0 Å². The SMILES string of the molecule is NCc1cnc(-c2ccccc2)s1. The molecule has 0 radical (unpaired) electrons. The number of nitrogens with two attached hydrogens (primary N) is 1. The fourth-order valence-electron chi connectivity index (χ4n) is 1.12. The Bertz CT molecular complexity index is 381. The lowest BCUT2D eigenvalue weighted by molar-refractivity contribution is 1.10. The van der Waals surface area contributed by atoms with E-state index in [-0.39, 0.29) is 0 Å². The zero-order valence-corrected chi connectivity index (χ0v) is 7.92. The molecule has 0 bridgehead atoms. The zero-order chi connectivity index (χ0) is 9.10. The Morgan fingerprint density at radius 1 is 1.23 bits per heavy atom. The van der Waals surface area contributed by atoms with E-state index in [1.807, 2.05) is 24.4 Å². The average molecular weight is 190 g/mol. The van der Waals surface area contributed by atoms with Gasteiger partial charge in [-0.3, -0.25) is 0 Å². The number of hydrogen-bond donors (Lipinski definition) is 1. The summed E-state index contributed by atoms with van der Waals surface area (Å²) < 4.78 is 0. The summed E-state index contributed by atoms with van der Waals surface area (Å²) in [6.07, 6.45) is 1.84. The van der Waals surface area contributed by atoms with E-state index in [4.69, 9.17) is 5.73 Å². The number of rotatable bonds is 2. The van der Waals surface area contributed by atoms with Gasteiger partial charge < -0.3 is 5.73 Å². The van der Waals surface area contributed by atoms with Crippen molar-refractivity contribution in [3.63, 3.8) is 0 Å². The summed E-state index contributed by atoms with van der Waals surface area (Å²) in [6.45, 7) is 0.574. The van der Waals surface area contributed by atoms with E-state index in [2.05, 4.69) is 17.1 Å². The Morgan fingerprint density at radius 2 is 2.00 bits per heavy atom. The van der Waals surface area contributed by atoms with Crippen LogP contribution in [0.15, 0.2) is 36.5 Å². The molecule has 0 saturated carbocycles. The second kappa shape index (κ2) is 3.68. The summed E-state index contributed by atoms with van der Waals surface area (Å²) in [5, 5.41) is 1.04. The van der Waals surface area contributed by atoms with Crippen LogP contribution in [-0.4, -0.2) is 4.98 Å². The van der Waals surface area contributed by atoms with Gasteiger partial charge in [0, 0.05) is 23.2 Å². The van der Waals surface area contributed by atoms with Gasteiger partial charge in [0.2, 0.25) is 0 Å². The molecule has 0 fully saturated rings. The summed E-state index contributed by atoms with van der Waals surface area (Å²) in [7, 11) is 0. The van der Waals surface area contributed by atoms with Crippen LogP contribution in [0.25, 0.3) is 10.6 Å². The Morgan fingerprint density at radius 3 is 2.62 bits per heavy atom. The van der Waals surface area contributed by atoms with Crippen molar-refractivity contribution in [2.45, 2.75) is 6.54 Å². The van der Waals surface area contributed by atoms with E-state index in [0.29, 0.717) is 6.54 Å². The van der Waals surface area contributed by atoms with Crippen molar-refractivity contribution >= 4 is 11.3 Å². The van der Waals surface area contributed by atoms with Crippen LogP contribution in [0.1, 0.15) is 4.88 Å². The molecular formula is C10H10N2S. The molecule has 0 atom stereocenters. The van der Waals surface area contributed by atoms with E-state index in [1.165, 1.54) is 0 Å². The third-order valence-corrected chi connectivity index (χ3v) is 2.84. The molecule has 1 aromatic heterocycles. The van der Waals surface area contributed by atoms with Gasteiger partial charge in [0.05, 0.1) is 0 Å². The van der Waals surface area contributed by atoms with Crippen molar-refractivity contribution in [2.24, 2.45) is 5.73 Å². The van der Waals surface area contributed by atoms with Crippen molar-refractivity contribution in [1.29, 1.82) is 0 Å². The van der Waals surface area contributed by atoms with Crippen LogP contribution in [-0.2, 0) is 6.54 Å². The van der Waals surface area contributed by atoms with Crippen LogP contribution >= 0.6 is 11.3 Å². The van der Waals surface area contributed by atoms with Crippen molar-refractivity contribution in [2.75, 3.05) is 0 Å². The van der Waals surface area contributed by atoms with Crippen LogP contribution in [0.5, 0.6) is 0 Å². The number of hydrogen-bond acceptors (Lipinski definition) is 3.